The van der Waals surface area contributed by atoms with Crippen molar-refractivity contribution in [1.29, 1.82) is 0 Å². The number of aliphatic imine (C=N–C) groups is 1. The van der Waals surface area contributed by atoms with E-state index in [1.54, 1.807) is 18.9 Å². The minimum absolute atomic E-state index is 0.162. The predicted molar refractivity (Wildman–Crippen MR) is 261 cm³/mol. The number of pyridine rings is 1. The molecule has 368 valence electrons. The third-order valence-corrected chi connectivity index (χ3v) is 17.3. The van der Waals surface area contributed by atoms with Crippen molar-refractivity contribution in [1.82, 2.24) is 30.2 Å². The number of carbonyl (C=O) groups excluding carboxylic acids is 3. The van der Waals surface area contributed by atoms with E-state index >= 15 is 0 Å². The zero-order valence-corrected chi connectivity index (χ0v) is 41.9. The Labute approximate surface area is 405 Å². The maximum Gasteiger partial charge on any atom is 0.324 e. The molecule has 2 N–H and O–H groups in total. The third-order valence-electron chi connectivity index (χ3n) is 16.2. The van der Waals surface area contributed by atoms with Crippen LogP contribution >= 0.6 is 11.8 Å². The molecule has 8 heterocycles. The number of hydrogen-bond acceptors (Lipinski definition) is 13. The van der Waals surface area contributed by atoms with Gasteiger partial charge in [0.05, 0.1) is 62.6 Å². The number of methoxy groups -OCH3 is 1. The van der Waals surface area contributed by atoms with Gasteiger partial charge in [-0.25, -0.2) is 5.43 Å². The molecule has 3 aromatic rings. The van der Waals surface area contributed by atoms with Crippen molar-refractivity contribution in [3.8, 4) is 11.3 Å². The summed E-state index contributed by atoms with van der Waals surface area (Å²) in [6.07, 6.45) is 4.72. The summed E-state index contributed by atoms with van der Waals surface area (Å²) in [6, 6.07) is 8.27. The quantitative estimate of drug-likeness (QED) is 0.217. The number of nitrogens with zero attached hydrogens (tertiary/aromatic N) is 5. The van der Waals surface area contributed by atoms with Crippen LogP contribution in [0.5, 0.6) is 0 Å². The number of aromatic nitrogens is 2. The molecule has 7 aliphatic rings. The lowest BCUT2D eigenvalue weighted by molar-refractivity contribution is -0.159. The number of nitrogens with one attached hydrogen (secondary N) is 2. The lowest BCUT2D eigenvalue weighted by Gasteiger charge is -2.53. The first-order chi connectivity index (χ1) is 32.8. The molecule has 68 heavy (non-hydrogen) atoms. The van der Waals surface area contributed by atoms with Crippen LogP contribution in [0.25, 0.3) is 22.2 Å². The number of cyclic esters (lactones) is 1. The number of carbonyl (C=O) groups is 3. The number of hydrazine groups is 1. The fraction of sp³-hybridized carbons (Fsp3) is 0.673. The molecule has 2 aromatic heterocycles. The largest absolute Gasteiger partial charge is 0.464 e. The van der Waals surface area contributed by atoms with Crippen molar-refractivity contribution in [2.24, 2.45) is 28.2 Å². The van der Waals surface area contributed by atoms with Crippen LogP contribution in [-0.2, 0) is 51.0 Å². The minimum atomic E-state index is -1.05. The molecule has 16 heteroatoms. The highest BCUT2D eigenvalue weighted by molar-refractivity contribution is 8.14. The van der Waals surface area contributed by atoms with Gasteiger partial charge < -0.3 is 33.6 Å². The number of rotatable bonds is 10. The Morgan fingerprint density at radius 2 is 1.76 bits per heavy atom. The first-order valence-corrected chi connectivity index (χ1v) is 26.2. The molecule has 6 aliphatic heterocycles. The molecule has 1 aliphatic carbocycles. The Kier molecular flexibility index (Phi) is 13.6. The molecular formula is C52H71N7O8S. The number of hydrogen-bond donors (Lipinski definition) is 2. The second kappa shape index (κ2) is 19.4. The number of aryl methyl sites for hydroxylation is 1. The van der Waals surface area contributed by atoms with Crippen molar-refractivity contribution >= 4 is 45.5 Å². The highest BCUT2D eigenvalue weighted by Gasteiger charge is 2.51. The standard InChI is InChI=1S/C52H71N7O8S/c1-9-57-42-14-13-31-18-37(42)39(46(57)38-19-33(21-53-44(38)30(5)63-8)32-16-34-22-64-23-35(17-32)59(34)36-24-65-25-36)20-52(6,7)27-67-51(62)40-12-11-15-58(56-40)50(61)45(55-48(60)43-28(3)29(43)4)47(66-10-2)49-54-41(31)26-68-49/h13-14,18-19,21,28-30,32,34-36,40-41,43,45,47,56H,9-12,15-17,20,22-27H2,1-8H3,(H,55,60)/t28-,29+,30-,32?,34-,35+,40-,41?,43+,45-,47-/m0/s1. The maximum absolute atomic E-state index is 14.7. The van der Waals surface area contributed by atoms with Crippen LogP contribution in [0.3, 0.4) is 0 Å². The molecular weight excluding hydrogens is 883 g/mol. The monoisotopic (exact) mass is 954 g/mol. The van der Waals surface area contributed by atoms with E-state index in [1.165, 1.54) is 16.1 Å². The summed E-state index contributed by atoms with van der Waals surface area (Å²) in [5, 5.41) is 6.43. The topological polar surface area (TPSA) is 158 Å². The summed E-state index contributed by atoms with van der Waals surface area (Å²) in [5.41, 5.74) is 10.4. The maximum atomic E-state index is 14.7. The lowest BCUT2D eigenvalue weighted by atomic mass is 9.79. The molecule has 2 unspecified atom stereocenters. The highest BCUT2D eigenvalue weighted by Crippen LogP contribution is 2.47. The van der Waals surface area contributed by atoms with Crippen LogP contribution in [0.15, 0.2) is 35.5 Å². The molecule has 1 aromatic carbocycles. The molecule has 5 fully saturated rings. The number of piperidine rings is 1. The van der Waals surface area contributed by atoms with Crippen molar-refractivity contribution in [3.63, 3.8) is 0 Å². The zero-order chi connectivity index (χ0) is 47.6. The fourth-order valence-corrected chi connectivity index (χ4v) is 13.2. The van der Waals surface area contributed by atoms with Crippen molar-refractivity contribution in [2.75, 3.05) is 59.0 Å². The van der Waals surface area contributed by atoms with Crippen molar-refractivity contribution in [2.45, 2.75) is 141 Å². The SMILES string of the molecule is CCO[C@@H]1C2=NC(CS2)c2ccc3c(c2)c(c(-c2cc(C4C[C@H]5COC[C@@H](C4)N5C4COC4)cnc2[C@H](C)OC)n3CC)CC(C)(C)COC(=O)[C@@H]2CCCN(N2)C(=O)[C@H]1NC(=O)[C@H]1[C@H](C)[C@@H]1C. The number of benzene rings is 1. The molecule has 1 saturated carbocycles. The normalized spacial score (nSPS) is 32.5. The van der Waals surface area contributed by atoms with Gasteiger partial charge in [0.1, 0.15) is 23.2 Å². The number of ether oxygens (including phenoxy) is 5. The van der Waals surface area contributed by atoms with E-state index in [1.807, 2.05) is 6.92 Å². The number of morpholine rings is 1. The van der Waals surface area contributed by atoms with Gasteiger partial charge in [-0.3, -0.25) is 34.3 Å². The number of fused-ring (bicyclic) bond motifs is 7. The van der Waals surface area contributed by atoms with E-state index in [9.17, 15) is 14.4 Å². The summed E-state index contributed by atoms with van der Waals surface area (Å²) in [4.78, 5) is 55.9. The molecule has 10 rings (SSSR count). The van der Waals surface area contributed by atoms with Gasteiger partial charge in [0.2, 0.25) is 5.91 Å². The Balaban J connectivity index is 1.09. The molecule has 11 atom stereocenters. The van der Waals surface area contributed by atoms with Gasteiger partial charge in [0, 0.05) is 78.6 Å². The second-order valence-corrected chi connectivity index (χ2v) is 22.3. The van der Waals surface area contributed by atoms with Crippen molar-refractivity contribution < 1.29 is 38.1 Å². The summed E-state index contributed by atoms with van der Waals surface area (Å²) in [6.45, 7) is 19.3. The second-order valence-electron chi connectivity index (χ2n) is 21.2. The van der Waals surface area contributed by atoms with E-state index in [-0.39, 0.29) is 48.3 Å². The van der Waals surface area contributed by atoms with Crippen molar-refractivity contribution in [3.05, 3.63) is 52.8 Å². The van der Waals surface area contributed by atoms with Gasteiger partial charge in [-0.05, 0) is 106 Å². The molecule has 0 radical (unpaired) electrons. The van der Waals surface area contributed by atoms with E-state index in [0.717, 1.165) is 79.2 Å². The zero-order valence-electron chi connectivity index (χ0n) is 41.1. The lowest BCUT2D eigenvalue weighted by Crippen LogP contribution is -2.64. The number of amides is 2. The summed E-state index contributed by atoms with van der Waals surface area (Å²) in [5.74, 6) is 0.318. The summed E-state index contributed by atoms with van der Waals surface area (Å²) >= 11 is 1.58. The van der Waals surface area contributed by atoms with E-state index in [2.05, 4.69) is 92.2 Å². The smallest absolute Gasteiger partial charge is 0.324 e. The molecule has 8 bridgehead atoms. The fourth-order valence-electron chi connectivity index (χ4n) is 12.1. The van der Waals surface area contributed by atoms with Gasteiger partial charge in [0.15, 0.2) is 0 Å². The summed E-state index contributed by atoms with van der Waals surface area (Å²) < 4.78 is 33.0. The first kappa shape index (κ1) is 47.8. The molecule has 15 nitrogen and oxygen atoms in total. The first-order valence-electron chi connectivity index (χ1n) is 25.3. The van der Waals surface area contributed by atoms with E-state index in [0.29, 0.717) is 67.3 Å². The van der Waals surface area contributed by atoms with Crippen LogP contribution in [0.1, 0.15) is 115 Å². The Morgan fingerprint density at radius 1 is 1.03 bits per heavy atom. The van der Waals surface area contributed by atoms with Gasteiger partial charge in [-0.2, -0.15) is 0 Å². The van der Waals surface area contributed by atoms with Crippen LogP contribution in [0.4, 0.5) is 0 Å². The van der Waals surface area contributed by atoms with Crippen LogP contribution < -0.4 is 10.7 Å². The predicted octanol–water partition coefficient (Wildman–Crippen LogP) is 6.38. The summed E-state index contributed by atoms with van der Waals surface area (Å²) in [7, 11) is 1.75. The Morgan fingerprint density at radius 3 is 2.44 bits per heavy atom. The van der Waals surface area contributed by atoms with E-state index < -0.39 is 29.6 Å². The van der Waals surface area contributed by atoms with Crippen LogP contribution in [0, 0.1) is 23.2 Å². The van der Waals surface area contributed by atoms with Gasteiger partial charge >= 0.3 is 5.97 Å². The molecule has 4 saturated heterocycles. The molecule has 0 spiro atoms. The minimum Gasteiger partial charge on any atom is -0.464 e. The van der Waals surface area contributed by atoms with Gasteiger partial charge in [-0.1, -0.05) is 33.8 Å². The average molecular weight is 954 g/mol. The number of thioether (sulfide) groups is 1. The van der Waals surface area contributed by atoms with Crippen LogP contribution in [-0.4, -0.2) is 138 Å². The third kappa shape index (κ3) is 8.93. The molecule has 2 amide bonds. The Hall–Kier alpha value is -3.90. The average Bonchev–Trinajstić information content (AvgIpc) is 3.59. The number of esters is 1. The Bertz CT molecular complexity index is 2420. The van der Waals surface area contributed by atoms with Gasteiger partial charge in [-0.15, -0.1) is 11.8 Å². The van der Waals surface area contributed by atoms with Crippen LogP contribution in [0.2, 0.25) is 0 Å². The van der Waals surface area contributed by atoms with Gasteiger partial charge in [0.25, 0.3) is 5.91 Å². The highest BCUT2D eigenvalue weighted by atomic mass is 32.2. The van der Waals surface area contributed by atoms with E-state index in [4.69, 9.17) is 33.7 Å².